The van der Waals surface area contributed by atoms with Crippen LogP contribution in [0, 0.1) is 0 Å². The van der Waals surface area contributed by atoms with Crippen molar-refractivity contribution in [3.8, 4) is 5.69 Å². The van der Waals surface area contributed by atoms with Crippen molar-refractivity contribution in [2.24, 2.45) is 7.05 Å². The van der Waals surface area contributed by atoms with Gasteiger partial charge in [-0.25, -0.2) is 14.6 Å². The number of aromatic nitrogens is 5. The van der Waals surface area contributed by atoms with E-state index < -0.39 is 0 Å². The second-order valence-corrected chi connectivity index (χ2v) is 6.83. The predicted octanol–water partition coefficient (Wildman–Crippen LogP) is 3.40. The van der Waals surface area contributed by atoms with Crippen molar-refractivity contribution in [2.75, 3.05) is 5.32 Å². The summed E-state index contributed by atoms with van der Waals surface area (Å²) >= 11 is 1.57. The van der Waals surface area contributed by atoms with Gasteiger partial charge >= 0.3 is 0 Å². The Kier molecular flexibility index (Phi) is 4.71. The highest BCUT2D eigenvalue weighted by Gasteiger charge is 2.08. The van der Waals surface area contributed by atoms with Crippen LogP contribution in [0.2, 0.25) is 0 Å². The van der Waals surface area contributed by atoms with Crippen molar-refractivity contribution < 1.29 is 4.79 Å². The molecule has 0 fully saturated rings. The summed E-state index contributed by atoms with van der Waals surface area (Å²) in [5, 5.41) is 7.89. The predicted molar refractivity (Wildman–Crippen MR) is 103 cm³/mol. The smallest absolute Gasteiger partial charge is 0.255 e. The van der Waals surface area contributed by atoms with E-state index >= 15 is 0 Å². The van der Waals surface area contributed by atoms with Gasteiger partial charge in [0.15, 0.2) is 5.16 Å². The number of nitrogens with zero attached hydrogens (tertiary/aromatic N) is 5. The van der Waals surface area contributed by atoms with Gasteiger partial charge in [0.2, 0.25) is 0 Å². The van der Waals surface area contributed by atoms with Gasteiger partial charge in [-0.3, -0.25) is 4.79 Å². The zero-order valence-corrected chi connectivity index (χ0v) is 15.3. The van der Waals surface area contributed by atoms with E-state index in [1.54, 1.807) is 41.1 Å². The van der Waals surface area contributed by atoms with Crippen LogP contribution in [-0.4, -0.2) is 30.2 Å². The number of hydrogen-bond donors (Lipinski definition) is 1. The molecular formula is C19H16N6OS. The number of hydrogen-bond acceptors (Lipinski definition) is 5. The molecule has 1 N–H and O–H groups in total. The Balaban J connectivity index is 1.41. The molecule has 0 unspecified atom stereocenters. The van der Waals surface area contributed by atoms with Crippen LogP contribution in [0.25, 0.3) is 5.69 Å². The Bertz CT molecular complexity index is 1040. The fourth-order valence-electron chi connectivity index (χ4n) is 2.47. The third kappa shape index (κ3) is 3.90. The monoisotopic (exact) mass is 376 g/mol. The van der Waals surface area contributed by atoms with Gasteiger partial charge in [-0.05, 0) is 48.5 Å². The highest BCUT2D eigenvalue weighted by molar-refractivity contribution is 7.99. The Morgan fingerprint density at radius 1 is 1.07 bits per heavy atom. The molecule has 0 aliphatic heterocycles. The van der Waals surface area contributed by atoms with Gasteiger partial charge in [-0.2, -0.15) is 5.10 Å². The lowest BCUT2D eigenvalue weighted by Crippen LogP contribution is -2.11. The lowest BCUT2D eigenvalue weighted by atomic mass is 10.2. The number of amides is 1. The molecule has 1 amide bonds. The zero-order valence-electron chi connectivity index (χ0n) is 14.5. The number of benzene rings is 2. The minimum atomic E-state index is -0.162. The van der Waals surface area contributed by atoms with Crippen LogP contribution in [0.1, 0.15) is 10.4 Å². The molecule has 0 aliphatic rings. The van der Waals surface area contributed by atoms with Crippen LogP contribution < -0.4 is 5.32 Å². The average Bonchev–Trinajstić information content (AvgIpc) is 3.36. The highest BCUT2D eigenvalue weighted by atomic mass is 32.2. The summed E-state index contributed by atoms with van der Waals surface area (Å²) in [6.45, 7) is 0. The summed E-state index contributed by atoms with van der Waals surface area (Å²) in [7, 11) is 1.96. The Labute approximate surface area is 160 Å². The fourth-order valence-corrected chi connectivity index (χ4v) is 3.27. The molecule has 0 atom stereocenters. The van der Waals surface area contributed by atoms with Crippen molar-refractivity contribution >= 4 is 23.4 Å². The summed E-state index contributed by atoms with van der Waals surface area (Å²) in [6.07, 6.45) is 6.76. The van der Waals surface area contributed by atoms with Crippen LogP contribution in [0.5, 0.6) is 0 Å². The molecule has 0 spiro atoms. The first-order valence-corrected chi connectivity index (χ1v) is 9.02. The second kappa shape index (κ2) is 7.46. The molecule has 0 saturated carbocycles. The molecule has 0 bridgehead atoms. The number of anilines is 1. The van der Waals surface area contributed by atoms with E-state index in [9.17, 15) is 4.79 Å². The topological polar surface area (TPSA) is 77.6 Å². The van der Waals surface area contributed by atoms with Gasteiger partial charge in [0.05, 0.1) is 5.69 Å². The second-order valence-electron chi connectivity index (χ2n) is 5.79. The van der Waals surface area contributed by atoms with Gasteiger partial charge in [0.1, 0.15) is 12.7 Å². The quantitative estimate of drug-likeness (QED) is 0.578. The lowest BCUT2D eigenvalue weighted by Gasteiger charge is -2.07. The summed E-state index contributed by atoms with van der Waals surface area (Å²) < 4.78 is 3.60. The summed E-state index contributed by atoms with van der Waals surface area (Å²) in [5.74, 6) is -0.162. The van der Waals surface area contributed by atoms with E-state index in [0.717, 1.165) is 21.4 Å². The summed E-state index contributed by atoms with van der Waals surface area (Å²) in [5.41, 5.74) is 2.16. The molecule has 134 valence electrons. The molecular weight excluding hydrogens is 360 g/mol. The van der Waals surface area contributed by atoms with Crippen LogP contribution in [0.15, 0.2) is 83.6 Å². The molecule has 4 rings (SSSR count). The van der Waals surface area contributed by atoms with Crippen molar-refractivity contribution in [1.82, 2.24) is 24.3 Å². The zero-order chi connectivity index (χ0) is 18.6. The summed E-state index contributed by atoms with van der Waals surface area (Å²) in [4.78, 5) is 21.7. The minimum absolute atomic E-state index is 0.162. The molecule has 7 nitrogen and oxygen atoms in total. The van der Waals surface area contributed by atoms with E-state index in [-0.39, 0.29) is 5.91 Å². The van der Waals surface area contributed by atoms with Crippen LogP contribution in [0.3, 0.4) is 0 Å². The van der Waals surface area contributed by atoms with Crippen molar-refractivity contribution in [3.05, 3.63) is 79.1 Å². The average molecular weight is 376 g/mol. The largest absolute Gasteiger partial charge is 0.329 e. The molecule has 2 aromatic heterocycles. The van der Waals surface area contributed by atoms with Crippen LogP contribution in [0.4, 0.5) is 5.69 Å². The number of carbonyl (C=O) groups is 1. The number of imidazole rings is 1. The standard InChI is InChI=1S/C19H16N6OS/c1-24-11-10-21-19(24)27-17-8-4-15(5-9-17)23-18(26)14-2-6-16(7-3-14)25-13-20-12-22-25/h2-13H,1H3,(H,23,26). The van der Waals surface area contributed by atoms with Crippen LogP contribution >= 0.6 is 11.8 Å². The number of carbonyl (C=O) groups excluding carboxylic acids is 1. The number of rotatable bonds is 5. The van der Waals surface area contributed by atoms with Gasteiger partial charge < -0.3 is 9.88 Å². The maximum Gasteiger partial charge on any atom is 0.255 e. The van der Waals surface area contributed by atoms with Crippen molar-refractivity contribution in [3.63, 3.8) is 0 Å². The van der Waals surface area contributed by atoms with E-state index in [1.807, 2.05) is 54.2 Å². The Morgan fingerprint density at radius 3 is 2.48 bits per heavy atom. The first kappa shape index (κ1) is 17.0. The van der Waals surface area contributed by atoms with Crippen molar-refractivity contribution in [2.45, 2.75) is 10.1 Å². The third-order valence-corrected chi connectivity index (χ3v) is 4.99. The third-order valence-electron chi connectivity index (χ3n) is 3.91. The Morgan fingerprint density at radius 2 is 1.85 bits per heavy atom. The normalized spacial score (nSPS) is 10.7. The molecule has 4 aromatic rings. The molecule has 0 radical (unpaired) electrons. The van der Waals surface area contributed by atoms with E-state index in [4.69, 9.17) is 0 Å². The van der Waals surface area contributed by atoms with E-state index in [2.05, 4.69) is 20.4 Å². The number of nitrogens with one attached hydrogen (secondary N) is 1. The Hall–Kier alpha value is -3.39. The minimum Gasteiger partial charge on any atom is -0.329 e. The van der Waals surface area contributed by atoms with Crippen LogP contribution in [-0.2, 0) is 7.05 Å². The molecule has 2 heterocycles. The summed E-state index contributed by atoms with van der Waals surface area (Å²) in [6, 6.07) is 14.9. The fraction of sp³-hybridized carbons (Fsp3) is 0.0526. The maximum absolute atomic E-state index is 12.4. The molecule has 0 saturated heterocycles. The maximum atomic E-state index is 12.4. The molecule has 2 aromatic carbocycles. The number of aryl methyl sites for hydroxylation is 1. The van der Waals surface area contributed by atoms with Gasteiger partial charge in [0, 0.05) is 35.6 Å². The SMILES string of the molecule is Cn1ccnc1Sc1ccc(NC(=O)c2ccc(-n3cncn3)cc2)cc1. The van der Waals surface area contributed by atoms with E-state index in [0.29, 0.717) is 5.56 Å². The van der Waals surface area contributed by atoms with Gasteiger partial charge in [0.25, 0.3) is 5.91 Å². The first-order valence-electron chi connectivity index (χ1n) is 8.21. The highest BCUT2D eigenvalue weighted by Crippen LogP contribution is 2.26. The molecule has 8 heteroatoms. The van der Waals surface area contributed by atoms with Gasteiger partial charge in [-0.15, -0.1) is 0 Å². The van der Waals surface area contributed by atoms with Gasteiger partial charge in [-0.1, -0.05) is 11.8 Å². The first-order chi connectivity index (χ1) is 13.2. The van der Waals surface area contributed by atoms with Crippen molar-refractivity contribution in [1.29, 1.82) is 0 Å². The molecule has 27 heavy (non-hydrogen) atoms. The lowest BCUT2D eigenvalue weighted by molar-refractivity contribution is 0.102. The van der Waals surface area contributed by atoms with E-state index in [1.165, 1.54) is 6.33 Å². The molecule has 0 aliphatic carbocycles.